The molecule has 0 spiro atoms. The highest BCUT2D eigenvalue weighted by Gasteiger charge is 2.16. The van der Waals surface area contributed by atoms with E-state index in [4.69, 9.17) is 11.6 Å². The van der Waals surface area contributed by atoms with Crippen molar-refractivity contribution in [2.24, 2.45) is 0 Å². The van der Waals surface area contributed by atoms with Crippen molar-refractivity contribution < 1.29 is 14.3 Å². The highest BCUT2D eigenvalue weighted by Crippen LogP contribution is 2.24. The van der Waals surface area contributed by atoms with Gasteiger partial charge in [0.25, 0.3) is 5.91 Å². The molecule has 0 saturated heterocycles. The summed E-state index contributed by atoms with van der Waals surface area (Å²) in [5, 5.41) is 3.00. The van der Waals surface area contributed by atoms with Gasteiger partial charge in [-0.1, -0.05) is 24.9 Å². The van der Waals surface area contributed by atoms with Crippen LogP contribution in [0.3, 0.4) is 0 Å². The highest BCUT2D eigenvalue weighted by atomic mass is 35.5. The lowest BCUT2D eigenvalue weighted by molar-refractivity contribution is 0.0600. The van der Waals surface area contributed by atoms with E-state index in [0.29, 0.717) is 22.4 Å². The molecule has 0 aliphatic heterocycles. The summed E-state index contributed by atoms with van der Waals surface area (Å²) in [6.45, 7) is 4.71. The summed E-state index contributed by atoms with van der Waals surface area (Å²) in [6.07, 6.45) is 2.06. The fourth-order valence-electron chi connectivity index (χ4n) is 2.39. The first-order valence-electron chi connectivity index (χ1n) is 8.61. The number of hydrogen-bond donors (Lipinski definition) is 1. The summed E-state index contributed by atoms with van der Waals surface area (Å²) in [4.78, 5) is 35.0. The van der Waals surface area contributed by atoms with Crippen LogP contribution in [-0.4, -0.2) is 42.5 Å². The smallest absolute Gasteiger partial charge is 0.337 e. The van der Waals surface area contributed by atoms with Crippen LogP contribution in [0.2, 0.25) is 5.02 Å². The number of rotatable bonds is 7. The van der Waals surface area contributed by atoms with Gasteiger partial charge in [-0.05, 0) is 37.6 Å². The van der Waals surface area contributed by atoms with Crippen LogP contribution in [0.4, 0.5) is 11.6 Å². The average molecular weight is 391 g/mol. The third kappa shape index (κ3) is 5.40. The van der Waals surface area contributed by atoms with Gasteiger partial charge in [0.15, 0.2) is 0 Å². The first kappa shape index (κ1) is 20.6. The number of aryl methyl sites for hydroxylation is 1. The minimum Gasteiger partial charge on any atom is -0.465 e. The number of esters is 1. The number of halogens is 1. The number of aromatic nitrogens is 2. The number of unbranched alkanes of at least 4 members (excludes halogenated alkanes) is 1. The number of nitrogens with one attached hydrogen (secondary N) is 1. The first-order chi connectivity index (χ1) is 12.8. The second-order valence-corrected chi connectivity index (χ2v) is 6.52. The molecule has 1 heterocycles. The molecule has 1 N–H and O–H groups in total. The maximum absolute atomic E-state index is 12.7. The predicted molar refractivity (Wildman–Crippen MR) is 106 cm³/mol. The number of methoxy groups -OCH3 is 1. The Morgan fingerprint density at radius 1 is 1.26 bits per heavy atom. The highest BCUT2D eigenvalue weighted by molar-refractivity contribution is 6.34. The van der Waals surface area contributed by atoms with Crippen LogP contribution in [0.1, 0.15) is 46.3 Å². The topological polar surface area (TPSA) is 84.4 Å². The van der Waals surface area contributed by atoms with Gasteiger partial charge in [-0.25, -0.2) is 14.8 Å². The molecule has 1 amide bonds. The zero-order valence-corrected chi connectivity index (χ0v) is 16.6. The van der Waals surface area contributed by atoms with Crippen molar-refractivity contribution in [1.29, 1.82) is 0 Å². The van der Waals surface area contributed by atoms with Gasteiger partial charge in [-0.3, -0.25) is 4.79 Å². The summed E-state index contributed by atoms with van der Waals surface area (Å²) in [7, 11) is 3.18. The van der Waals surface area contributed by atoms with Gasteiger partial charge in [0.1, 0.15) is 5.69 Å². The molecule has 0 fully saturated rings. The molecule has 27 heavy (non-hydrogen) atoms. The second-order valence-electron chi connectivity index (χ2n) is 6.11. The fourth-order valence-corrected chi connectivity index (χ4v) is 2.55. The molecule has 1 aromatic carbocycles. The van der Waals surface area contributed by atoms with Crippen LogP contribution in [0.5, 0.6) is 0 Å². The molecule has 1 aromatic heterocycles. The van der Waals surface area contributed by atoms with Crippen LogP contribution in [0.15, 0.2) is 24.3 Å². The van der Waals surface area contributed by atoms with Gasteiger partial charge < -0.3 is 15.0 Å². The van der Waals surface area contributed by atoms with Crippen molar-refractivity contribution in [3.05, 3.63) is 46.2 Å². The molecular weight excluding hydrogens is 368 g/mol. The van der Waals surface area contributed by atoms with Crippen molar-refractivity contribution in [3.8, 4) is 0 Å². The molecule has 0 bridgehead atoms. The molecule has 0 aliphatic rings. The average Bonchev–Trinajstić information content (AvgIpc) is 2.66. The van der Waals surface area contributed by atoms with E-state index in [9.17, 15) is 9.59 Å². The van der Waals surface area contributed by atoms with Crippen LogP contribution in [0, 0.1) is 6.92 Å². The van der Waals surface area contributed by atoms with Gasteiger partial charge in [0, 0.05) is 19.3 Å². The molecule has 8 heteroatoms. The Hall–Kier alpha value is -2.67. The van der Waals surface area contributed by atoms with E-state index in [1.54, 1.807) is 13.0 Å². The van der Waals surface area contributed by atoms with Crippen molar-refractivity contribution in [2.75, 3.05) is 30.9 Å². The third-order valence-electron chi connectivity index (χ3n) is 3.90. The van der Waals surface area contributed by atoms with E-state index in [1.807, 2.05) is 11.9 Å². The van der Waals surface area contributed by atoms with Crippen molar-refractivity contribution >= 4 is 35.1 Å². The first-order valence-corrected chi connectivity index (χ1v) is 8.99. The minimum absolute atomic E-state index is 0.223. The van der Waals surface area contributed by atoms with Crippen LogP contribution in [-0.2, 0) is 4.74 Å². The van der Waals surface area contributed by atoms with Crippen molar-refractivity contribution in [3.63, 3.8) is 0 Å². The summed E-state index contributed by atoms with van der Waals surface area (Å²) in [6, 6.07) is 6.12. The summed E-state index contributed by atoms with van der Waals surface area (Å²) >= 11 is 6.14. The Morgan fingerprint density at radius 2 is 2.00 bits per heavy atom. The lowest BCUT2D eigenvalue weighted by Crippen LogP contribution is -2.23. The van der Waals surface area contributed by atoms with E-state index in [2.05, 4.69) is 26.9 Å². The fraction of sp³-hybridized carbons (Fsp3) is 0.368. The quantitative estimate of drug-likeness (QED) is 0.725. The van der Waals surface area contributed by atoms with Crippen LogP contribution >= 0.6 is 11.6 Å². The van der Waals surface area contributed by atoms with Gasteiger partial charge in [0.05, 0.1) is 23.4 Å². The number of benzene rings is 1. The molecule has 0 saturated carbocycles. The predicted octanol–water partition coefficient (Wildman–Crippen LogP) is 3.71. The summed E-state index contributed by atoms with van der Waals surface area (Å²) in [5.41, 5.74) is 1.50. The maximum Gasteiger partial charge on any atom is 0.337 e. The zero-order chi connectivity index (χ0) is 20.0. The number of hydrogen-bond acceptors (Lipinski definition) is 6. The Labute approximate surface area is 163 Å². The van der Waals surface area contributed by atoms with Gasteiger partial charge in [-0.2, -0.15) is 0 Å². The number of carbonyl (C=O) groups is 2. The van der Waals surface area contributed by atoms with E-state index >= 15 is 0 Å². The molecule has 7 nitrogen and oxygen atoms in total. The molecule has 0 radical (unpaired) electrons. The third-order valence-corrected chi connectivity index (χ3v) is 4.23. The SMILES string of the molecule is CCCCN(C)c1nc(C)cc(C(=O)Nc2cc(C(=O)OC)ccc2Cl)n1. The number of nitrogens with zero attached hydrogens (tertiary/aromatic N) is 3. The molecule has 0 unspecified atom stereocenters. The van der Waals surface area contributed by atoms with Crippen molar-refractivity contribution in [2.45, 2.75) is 26.7 Å². The number of anilines is 2. The standard InChI is InChI=1S/C19H23ClN4O3/c1-5-6-9-24(3)19-21-12(2)10-16(23-19)17(25)22-15-11-13(18(26)27-4)7-8-14(15)20/h7-8,10-11H,5-6,9H2,1-4H3,(H,22,25). The van der Waals surface area contributed by atoms with Gasteiger partial charge in [-0.15, -0.1) is 0 Å². The van der Waals surface area contributed by atoms with E-state index in [0.717, 1.165) is 19.4 Å². The Morgan fingerprint density at radius 3 is 2.67 bits per heavy atom. The minimum atomic E-state index is -0.514. The Balaban J connectivity index is 2.26. The summed E-state index contributed by atoms with van der Waals surface area (Å²) < 4.78 is 4.69. The monoisotopic (exact) mass is 390 g/mol. The second kappa shape index (κ2) is 9.32. The van der Waals surface area contributed by atoms with E-state index in [1.165, 1.54) is 25.3 Å². The van der Waals surface area contributed by atoms with E-state index in [-0.39, 0.29) is 11.3 Å². The number of ether oxygens (including phenoxy) is 1. The number of amides is 1. The molecule has 144 valence electrons. The molecule has 0 aliphatic carbocycles. The Bertz CT molecular complexity index is 842. The Kier molecular flexibility index (Phi) is 7.12. The number of carbonyl (C=O) groups excluding carboxylic acids is 2. The lowest BCUT2D eigenvalue weighted by atomic mass is 10.2. The van der Waals surface area contributed by atoms with Crippen LogP contribution < -0.4 is 10.2 Å². The van der Waals surface area contributed by atoms with Gasteiger partial charge >= 0.3 is 5.97 Å². The molecule has 0 atom stereocenters. The zero-order valence-electron chi connectivity index (χ0n) is 15.9. The molecule has 2 aromatic rings. The van der Waals surface area contributed by atoms with E-state index < -0.39 is 11.9 Å². The molecular formula is C19H23ClN4O3. The van der Waals surface area contributed by atoms with Crippen LogP contribution in [0.25, 0.3) is 0 Å². The van der Waals surface area contributed by atoms with Crippen molar-refractivity contribution in [1.82, 2.24) is 9.97 Å². The lowest BCUT2D eigenvalue weighted by Gasteiger charge is -2.17. The summed E-state index contributed by atoms with van der Waals surface area (Å²) in [5.74, 6) is -0.461. The molecule has 2 rings (SSSR count). The van der Waals surface area contributed by atoms with Gasteiger partial charge in [0.2, 0.25) is 5.95 Å². The largest absolute Gasteiger partial charge is 0.465 e. The maximum atomic E-state index is 12.7. The normalized spacial score (nSPS) is 10.4.